The van der Waals surface area contributed by atoms with Crippen LogP contribution in [0.15, 0.2) is 24.3 Å². The van der Waals surface area contributed by atoms with Crippen LogP contribution >= 0.6 is 0 Å². The SMILES string of the molecule is CC(C)c1ccc(C(=O)NC2(CC(=O)O)CCOCC2)cc1. The van der Waals surface area contributed by atoms with Crippen molar-refractivity contribution in [1.29, 1.82) is 0 Å². The molecule has 0 bridgehead atoms. The fourth-order valence-corrected chi connectivity index (χ4v) is 2.73. The molecule has 1 fully saturated rings. The number of hydrogen-bond donors (Lipinski definition) is 2. The predicted molar refractivity (Wildman–Crippen MR) is 83.0 cm³/mol. The monoisotopic (exact) mass is 305 g/mol. The van der Waals surface area contributed by atoms with Gasteiger partial charge in [0.1, 0.15) is 0 Å². The van der Waals surface area contributed by atoms with Gasteiger partial charge in [-0.15, -0.1) is 0 Å². The zero-order valence-corrected chi connectivity index (χ0v) is 13.1. The van der Waals surface area contributed by atoms with Gasteiger partial charge < -0.3 is 15.2 Å². The number of rotatable bonds is 5. The van der Waals surface area contributed by atoms with Crippen LogP contribution in [0.2, 0.25) is 0 Å². The first kappa shape index (κ1) is 16.5. The molecule has 1 heterocycles. The molecule has 0 saturated carbocycles. The van der Waals surface area contributed by atoms with E-state index in [4.69, 9.17) is 9.84 Å². The maximum absolute atomic E-state index is 12.4. The number of benzene rings is 1. The molecule has 5 heteroatoms. The van der Waals surface area contributed by atoms with Crippen molar-refractivity contribution in [2.45, 2.75) is 44.6 Å². The zero-order chi connectivity index (χ0) is 16.2. The molecule has 2 rings (SSSR count). The smallest absolute Gasteiger partial charge is 0.305 e. The summed E-state index contributed by atoms with van der Waals surface area (Å²) in [6.07, 6.45) is 0.969. The van der Waals surface area contributed by atoms with Gasteiger partial charge in [0.15, 0.2) is 0 Å². The highest BCUT2D eigenvalue weighted by molar-refractivity contribution is 5.95. The van der Waals surface area contributed by atoms with Gasteiger partial charge in [0.25, 0.3) is 5.91 Å². The van der Waals surface area contributed by atoms with Gasteiger partial charge in [0, 0.05) is 18.8 Å². The highest BCUT2D eigenvalue weighted by Crippen LogP contribution is 2.25. The Balaban J connectivity index is 2.11. The number of ether oxygens (including phenoxy) is 1. The molecular formula is C17H23NO4. The Bertz CT molecular complexity index is 530. The Labute approximate surface area is 130 Å². The van der Waals surface area contributed by atoms with Crippen molar-refractivity contribution >= 4 is 11.9 Å². The summed E-state index contributed by atoms with van der Waals surface area (Å²) in [6.45, 7) is 5.14. The van der Waals surface area contributed by atoms with E-state index in [1.165, 1.54) is 5.56 Å². The van der Waals surface area contributed by atoms with E-state index in [0.29, 0.717) is 37.5 Å². The molecule has 5 nitrogen and oxygen atoms in total. The van der Waals surface area contributed by atoms with E-state index in [1.807, 2.05) is 12.1 Å². The van der Waals surface area contributed by atoms with Gasteiger partial charge in [-0.3, -0.25) is 9.59 Å². The van der Waals surface area contributed by atoms with E-state index >= 15 is 0 Å². The van der Waals surface area contributed by atoms with Crippen LogP contribution in [0, 0.1) is 0 Å². The maximum atomic E-state index is 12.4. The van der Waals surface area contributed by atoms with Crippen molar-refractivity contribution in [3.05, 3.63) is 35.4 Å². The first-order valence-corrected chi connectivity index (χ1v) is 7.64. The fraction of sp³-hybridized carbons (Fsp3) is 0.529. The normalized spacial score (nSPS) is 17.2. The minimum absolute atomic E-state index is 0.0772. The molecule has 0 aliphatic carbocycles. The molecule has 0 aromatic heterocycles. The van der Waals surface area contributed by atoms with Crippen molar-refractivity contribution < 1.29 is 19.4 Å². The molecule has 0 spiro atoms. The maximum Gasteiger partial charge on any atom is 0.305 e. The molecule has 1 aromatic rings. The predicted octanol–water partition coefficient (Wildman–Crippen LogP) is 2.56. The molecule has 1 amide bonds. The van der Waals surface area contributed by atoms with Gasteiger partial charge in [-0.1, -0.05) is 26.0 Å². The quantitative estimate of drug-likeness (QED) is 0.876. The summed E-state index contributed by atoms with van der Waals surface area (Å²) in [4.78, 5) is 23.6. The number of carbonyl (C=O) groups excluding carboxylic acids is 1. The van der Waals surface area contributed by atoms with Crippen LogP contribution in [0.25, 0.3) is 0 Å². The fourth-order valence-electron chi connectivity index (χ4n) is 2.73. The summed E-state index contributed by atoms with van der Waals surface area (Å²) in [7, 11) is 0. The second-order valence-corrected chi connectivity index (χ2v) is 6.19. The van der Waals surface area contributed by atoms with Gasteiger partial charge in [0.05, 0.1) is 12.0 Å². The van der Waals surface area contributed by atoms with Crippen molar-refractivity contribution in [2.24, 2.45) is 0 Å². The Kier molecular flexibility index (Phi) is 5.19. The lowest BCUT2D eigenvalue weighted by atomic mass is 9.86. The van der Waals surface area contributed by atoms with E-state index in [0.717, 1.165) is 0 Å². The Morgan fingerprint density at radius 3 is 2.32 bits per heavy atom. The molecule has 22 heavy (non-hydrogen) atoms. The third-order valence-electron chi connectivity index (χ3n) is 4.16. The molecule has 2 N–H and O–H groups in total. The van der Waals surface area contributed by atoms with Crippen molar-refractivity contribution in [3.8, 4) is 0 Å². The second kappa shape index (κ2) is 6.92. The Hall–Kier alpha value is -1.88. The molecule has 1 saturated heterocycles. The molecule has 0 atom stereocenters. The zero-order valence-electron chi connectivity index (χ0n) is 13.1. The summed E-state index contributed by atoms with van der Waals surface area (Å²) in [6, 6.07) is 7.46. The largest absolute Gasteiger partial charge is 0.481 e. The topological polar surface area (TPSA) is 75.6 Å². The molecular weight excluding hydrogens is 282 g/mol. The van der Waals surface area contributed by atoms with Crippen molar-refractivity contribution in [2.75, 3.05) is 13.2 Å². The molecule has 1 aliphatic rings. The average Bonchev–Trinajstić information content (AvgIpc) is 2.47. The number of carboxylic acids is 1. The van der Waals surface area contributed by atoms with Gasteiger partial charge in [0.2, 0.25) is 0 Å². The highest BCUT2D eigenvalue weighted by Gasteiger charge is 2.36. The summed E-state index contributed by atoms with van der Waals surface area (Å²) in [5.74, 6) is -0.721. The van der Waals surface area contributed by atoms with Crippen LogP contribution in [0.3, 0.4) is 0 Å². The summed E-state index contributed by atoms with van der Waals surface area (Å²) in [5, 5.41) is 12.0. The lowest BCUT2D eigenvalue weighted by Gasteiger charge is -2.36. The van der Waals surface area contributed by atoms with Gasteiger partial charge >= 0.3 is 5.97 Å². The van der Waals surface area contributed by atoms with Gasteiger partial charge in [-0.2, -0.15) is 0 Å². The third kappa shape index (κ3) is 4.07. The third-order valence-corrected chi connectivity index (χ3v) is 4.16. The number of carboxylic acid groups (broad SMARTS) is 1. The van der Waals surface area contributed by atoms with Crippen LogP contribution in [0.5, 0.6) is 0 Å². The Morgan fingerprint density at radius 2 is 1.82 bits per heavy atom. The van der Waals surface area contributed by atoms with Crippen LogP contribution < -0.4 is 5.32 Å². The first-order valence-electron chi connectivity index (χ1n) is 7.64. The van der Waals surface area contributed by atoms with E-state index < -0.39 is 11.5 Å². The summed E-state index contributed by atoms with van der Waals surface area (Å²) in [5.41, 5.74) is 1.02. The van der Waals surface area contributed by atoms with Gasteiger partial charge in [-0.25, -0.2) is 0 Å². The average molecular weight is 305 g/mol. The minimum Gasteiger partial charge on any atom is -0.481 e. The molecule has 1 aliphatic heterocycles. The van der Waals surface area contributed by atoms with Crippen LogP contribution in [0.4, 0.5) is 0 Å². The van der Waals surface area contributed by atoms with Crippen molar-refractivity contribution in [3.63, 3.8) is 0 Å². The summed E-state index contributed by atoms with van der Waals surface area (Å²) < 4.78 is 5.29. The first-order chi connectivity index (χ1) is 10.4. The molecule has 0 unspecified atom stereocenters. The molecule has 0 radical (unpaired) electrons. The van der Waals surface area contributed by atoms with E-state index in [9.17, 15) is 9.59 Å². The van der Waals surface area contributed by atoms with Crippen LogP contribution in [-0.4, -0.2) is 35.7 Å². The van der Waals surface area contributed by atoms with Crippen molar-refractivity contribution in [1.82, 2.24) is 5.32 Å². The number of hydrogen-bond acceptors (Lipinski definition) is 3. The lowest BCUT2D eigenvalue weighted by molar-refractivity contribution is -0.139. The number of nitrogens with one attached hydrogen (secondary N) is 1. The van der Waals surface area contributed by atoms with Gasteiger partial charge in [-0.05, 0) is 36.5 Å². The standard InChI is InChI=1S/C17H23NO4/c1-12(2)13-3-5-14(6-4-13)16(21)18-17(11-15(19)20)7-9-22-10-8-17/h3-6,12H,7-11H2,1-2H3,(H,18,21)(H,19,20). The highest BCUT2D eigenvalue weighted by atomic mass is 16.5. The number of carbonyl (C=O) groups is 2. The van der Waals surface area contributed by atoms with Crippen LogP contribution in [-0.2, 0) is 9.53 Å². The van der Waals surface area contributed by atoms with E-state index in [2.05, 4.69) is 19.2 Å². The van der Waals surface area contributed by atoms with E-state index in [1.54, 1.807) is 12.1 Å². The number of aliphatic carboxylic acids is 1. The molecule has 120 valence electrons. The lowest BCUT2D eigenvalue weighted by Crippen LogP contribution is -2.53. The summed E-state index contributed by atoms with van der Waals surface area (Å²) >= 11 is 0. The number of amides is 1. The Morgan fingerprint density at radius 1 is 1.23 bits per heavy atom. The second-order valence-electron chi connectivity index (χ2n) is 6.19. The van der Waals surface area contributed by atoms with Crippen LogP contribution in [0.1, 0.15) is 54.9 Å². The minimum atomic E-state index is -0.905. The van der Waals surface area contributed by atoms with E-state index in [-0.39, 0.29) is 12.3 Å². The molecule has 1 aromatic carbocycles.